The minimum absolute atomic E-state index is 0.00714. The summed E-state index contributed by atoms with van der Waals surface area (Å²) in [5.74, 6) is -0.128. The highest BCUT2D eigenvalue weighted by atomic mass is 19.4. The van der Waals surface area contributed by atoms with Crippen molar-refractivity contribution in [2.75, 3.05) is 23.9 Å². The third-order valence-electron chi connectivity index (χ3n) is 5.56. The summed E-state index contributed by atoms with van der Waals surface area (Å²) in [5, 5.41) is 2.95. The number of pyridine rings is 1. The maximum atomic E-state index is 15.4. The molecule has 182 valence electrons. The molecule has 0 spiro atoms. The lowest BCUT2D eigenvalue weighted by Gasteiger charge is -2.27. The Morgan fingerprint density at radius 2 is 2.06 bits per heavy atom. The van der Waals surface area contributed by atoms with E-state index >= 15 is 4.39 Å². The van der Waals surface area contributed by atoms with Gasteiger partial charge in [-0.25, -0.2) is 15.0 Å². The van der Waals surface area contributed by atoms with Crippen LogP contribution in [0, 0.1) is 12.7 Å². The molecule has 10 heteroatoms. The van der Waals surface area contributed by atoms with Gasteiger partial charge in [-0.05, 0) is 38.3 Å². The first-order valence-corrected chi connectivity index (χ1v) is 10.8. The van der Waals surface area contributed by atoms with E-state index < -0.39 is 17.6 Å². The topological polar surface area (TPSA) is 63.2 Å². The van der Waals surface area contributed by atoms with Crippen LogP contribution in [0.3, 0.4) is 0 Å². The third-order valence-corrected chi connectivity index (χ3v) is 5.56. The number of aryl methyl sites for hydroxylation is 1. The molecule has 3 rings (SSSR count). The first-order chi connectivity index (χ1) is 16.2. The van der Waals surface area contributed by atoms with Crippen molar-refractivity contribution in [3.05, 3.63) is 71.5 Å². The summed E-state index contributed by atoms with van der Waals surface area (Å²) >= 11 is 0. The lowest BCUT2D eigenvalue weighted by atomic mass is 10.0. The molecule has 1 aliphatic rings. The van der Waals surface area contributed by atoms with Gasteiger partial charge in [0, 0.05) is 24.3 Å². The molecule has 3 heterocycles. The number of hydrogen-bond donors (Lipinski definition) is 1. The van der Waals surface area contributed by atoms with E-state index in [9.17, 15) is 13.2 Å². The van der Waals surface area contributed by atoms with Gasteiger partial charge in [0.1, 0.15) is 6.33 Å². The summed E-state index contributed by atoms with van der Waals surface area (Å²) in [6.45, 7) is 7.82. The molecule has 1 N–H and O–H groups in total. The second-order valence-electron chi connectivity index (χ2n) is 7.84. The van der Waals surface area contributed by atoms with Gasteiger partial charge < -0.3 is 15.0 Å². The molecule has 2 aromatic heterocycles. The Morgan fingerprint density at radius 3 is 2.74 bits per heavy atom. The third kappa shape index (κ3) is 5.73. The fourth-order valence-corrected chi connectivity index (χ4v) is 3.80. The van der Waals surface area contributed by atoms with Crippen LogP contribution >= 0.6 is 0 Å². The van der Waals surface area contributed by atoms with E-state index in [4.69, 9.17) is 4.74 Å². The van der Waals surface area contributed by atoms with Crippen molar-refractivity contribution >= 4 is 11.6 Å². The van der Waals surface area contributed by atoms with Crippen LogP contribution < -0.4 is 15.0 Å². The summed E-state index contributed by atoms with van der Waals surface area (Å²) < 4.78 is 59.7. The van der Waals surface area contributed by atoms with Gasteiger partial charge in [-0.2, -0.15) is 17.6 Å². The standard InChI is InChI=1S/C24H27F4N5O/c1-5-18(24(26,27)28)11-8-15(2)19-7-6-12-33(19)22-20(25)21(30-14-31-22)29-13-17-10-9-16(3)32-23(17)34-4/h5,8-11,14,19H,2,6-7,12-13H2,1,3-4H3,(H,29,30,31)/b11-8-,18-5+. The number of alkyl halides is 3. The van der Waals surface area contributed by atoms with Crippen molar-refractivity contribution in [2.24, 2.45) is 0 Å². The molecular weight excluding hydrogens is 450 g/mol. The fraction of sp³-hybridized carbons (Fsp3) is 0.375. The molecule has 1 saturated heterocycles. The van der Waals surface area contributed by atoms with E-state index in [0.717, 1.165) is 29.8 Å². The maximum Gasteiger partial charge on any atom is 0.416 e. The molecule has 1 unspecified atom stereocenters. The predicted octanol–water partition coefficient (Wildman–Crippen LogP) is 5.53. The molecule has 0 radical (unpaired) electrons. The average Bonchev–Trinajstić information content (AvgIpc) is 3.28. The zero-order chi connectivity index (χ0) is 24.9. The second-order valence-corrected chi connectivity index (χ2v) is 7.84. The van der Waals surface area contributed by atoms with Crippen LogP contribution in [0.4, 0.5) is 29.2 Å². The Kier molecular flexibility index (Phi) is 7.90. The molecule has 1 fully saturated rings. The van der Waals surface area contributed by atoms with Gasteiger partial charge in [0.25, 0.3) is 0 Å². The Hall–Kier alpha value is -3.43. The summed E-state index contributed by atoms with van der Waals surface area (Å²) in [6.07, 6.45) is 1.48. The molecule has 1 aliphatic heterocycles. The highest BCUT2D eigenvalue weighted by molar-refractivity contribution is 5.54. The summed E-state index contributed by atoms with van der Waals surface area (Å²) in [5.41, 5.74) is 1.21. The van der Waals surface area contributed by atoms with Crippen molar-refractivity contribution in [1.82, 2.24) is 15.0 Å². The van der Waals surface area contributed by atoms with Crippen LogP contribution in [0.25, 0.3) is 0 Å². The normalized spacial score (nSPS) is 16.9. The van der Waals surface area contributed by atoms with Crippen LogP contribution in [0.15, 0.2) is 54.4 Å². The number of anilines is 2. The Labute approximate surface area is 196 Å². The van der Waals surface area contributed by atoms with Crippen LogP contribution in [-0.2, 0) is 6.54 Å². The summed E-state index contributed by atoms with van der Waals surface area (Å²) in [7, 11) is 1.51. The largest absolute Gasteiger partial charge is 0.481 e. The number of hydrogen-bond acceptors (Lipinski definition) is 6. The average molecular weight is 478 g/mol. The number of halogens is 4. The van der Waals surface area contributed by atoms with Crippen molar-refractivity contribution in [3.8, 4) is 5.88 Å². The smallest absolute Gasteiger partial charge is 0.416 e. The van der Waals surface area contributed by atoms with E-state index in [1.54, 1.807) is 4.90 Å². The Morgan fingerprint density at radius 1 is 1.29 bits per heavy atom. The predicted molar refractivity (Wildman–Crippen MR) is 123 cm³/mol. The molecule has 6 nitrogen and oxygen atoms in total. The van der Waals surface area contributed by atoms with Gasteiger partial charge in [-0.3, -0.25) is 0 Å². The molecule has 0 amide bonds. The maximum absolute atomic E-state index is 15.4. The summed E-state index contributed by atoms with van der Waals surface area (Å²) in [4.78, 5) is 14.1. The van der Waals surface area contributed by atoms with Crippen molar-refractivity contribution in [1.29, 1.82) is 0 Å². The highest BCUT2D eigenvalue weighted by Crippen LogP contribution is 2.33. The van der Waals surface area contributed by atoms with Gasteiger partial charge >= 0.3 is 6.18 Å². The lowest BCUT2D eigenvalue weighted by molar-refractivity contribution is -0.0883. The van der Waals surface area contributed by atoms with Crippen LogP contribution in [0.2, 0.25) is 0 Å². The number of ether oxygens (including phenoxy) is 1. The fourth-order valence-electron chi connectivity index (χ4n) is 3.80. The van der Waals surface area contributed by atoms with Crippen LogP contribution in [0.5, 0.6) is 5.88 Å². The number of allylic oxidation sites excluding steroid dienone is 3. The second kappa shape index (κ2) is 10.7. The van der Waals surface area contributed by atoms with Crippen molar-refractivity contribution in [3.63, 3.8) is 0 Å². The molecule has 0 bridgehead atoms. The minimum atomic E-state index is -4.45. The van der Waals surface area contributed by atoms with Gasteiger partial charge in [-0.1, -0.05) is 30.9 Å². The molecule has 0 aromatic carbocycles. The zero-order valence-electron chi connectivity index (χ0n) is 19.3. The van der Waals surface area contributed by atoms with E-state index in [1.807, 2.05) is 19.1 Å². The molecule has 1 atom stereocenters. The van der Waals surface area contributed by atoms with E-state index in [-0.39, 0.29) is 24.2 Å². The summed E-state index contributed by atoms with van der Waals surface area (Å²) in [6, 6.07) is 3.29. The molecule has 34 heavy (non-hydrogen) atoms. The van der Waals surface area contributed by atoms with Crippen LogP contribution in [0.1, 0.15) is 31.0 Å². The Balaban J connectivity index is 1.78. The molecule has 2 aromatic rings. The quantitative estimate of drug-likeness (QED) is 0.399. The number of aromatic nitrogens is 3. The van der Waals surface area contributed by atoms with Gasteiger partial charge in [0.05, 0.1) is 18.7 Å². The monoisotopic (exact) mass is 477 g/mol. The number of rotatable bonds is 8. The van der Waals surface area contributed by atoms with E-state index in [2.05, 4.69) is 26.8 Å². The molecule has 0 saturated carbocycles. The number of nitrogens with one attached hydrogen (secondary N) is 1. The number of methoxy groups -OCH3 is 1. The molecular formula is C24H27F4N5O. The van der Waals surface area contributed by atoms with Gasteiger partial charge in [0.15, 0.2) is 11.6 Å². The number of nitrogens with zero attached hydrogens (tertiary/aromatic N) is 4. The first-order valence-electron chi connectivity index (χ1n) is 10.8. The first kappa shape index (κ1) is 25.2. The van der Waals surface area contributed by atoms with Gasteiger partial charge in [0.2, 0.25) is 11.7 Å². The van der Waals surface area contributed by atoms with Gasteiger partial charge in [-0.15, -0.1) is 0 Å². The zero-order valence-corrected chi connectivity index (χ0v) is 19.3. The van der Waals surface area contributed by atoms with Crippen LogP contribution in [-0.4, -0.2) is 40.8 Å². The highest BCUT2D eigenvalue weighted by Gasteiger charge is 2.32. The lowest BCUT2D eigenvalue weighted by Crippen LogP contribution is -2.32. The SMILES string of the molecule is C=C(/C=C\C(=C/C)C(F)(F)F)C1CCCN1c1ncnc(NCc2ccc(C)nc2OC)c1F. The van der Waals surface area contributed by atoms with E-state index in [0.29, 0.717) is 24.4 Å². The minimum Gasteiger partial charge on any atom is -0.481 e. The van der Waals surface area contributed by atoms with Crippen molar-refractivity contribution < 1.29 is 22.3 Å². The molecule has 0 aliphatic carbocycles. The van der Waals surface area contributed by atoms with Crippen molar-refractivity contribution in [2.45, 2.75) is 45.5 Å². The Bertz CT molecular complexity index is 1100. The van der Waals surface area contributed by atoms with E-state index in [1.165, 1.54) is 26.4 Å².